The Labute approximate surface area is 128 Å². The molecule has 1 aromatic carbocycles. The molecule has 0 saturated carbocycles. The van der Waals surface area contributed by atoms with Crippen LogP contribution < -0.4 is 0 Å². The van der Waals surface area contributed by atoms with Crippen LogP contribution in [0.2, 0.25) is 5.02 Å². The molecule has 0 saturated heterocycles. The topological polar surface area (TPSA) is 87.5 Å². The molecule has 0 amide bonds. The molecule has 0 aromatic heterocycles. The molecule has 1 aromatic rings. The van der Waals surface area contributed by atoms with Gasteiger partial charge in [-0.05, 0) is 25.1 Å². The Balaban J connectivity index is 2.90. The summed E-state index contributed by atoms with van der Waals surface area (Å²) in [6, 6.07) is 5.81. The molecule has 0 N–H and O–H groups in total. The van der Waals surface area contributed by atoms with Gasteiger partial charge in [-0.15, -0.1) is 0 Å². The number of hydrogen-bond acceptors (Lipinski definition) is 5. The minimum Gasteiger partial charge on any atom is -0.466 e. The van der Waals surface area contributed by atoms with Gasteiger partial charge in [0.2, 0.25) is 10.0 Å². The molecule has 114 valence electrons. The second-order valence-electron chi connectivity index (χ2n) is 4.14. The molecule has 0 fully saturated rings. The van der Waals surface area contributed by atoms with Crippen LogP contribution in [-0.2, 0) is 19.6 Å². The van der Waals surface area contributed by atoms with E-state index in [1.165, 1.54) is 25.2 Å². The molecule has 0 aliphatic carbocycles. The molecule has 21 heavy (non-hydrogen) atoms. The zero-order chi connectivity index (χ0) is 16.0. The Morgan fingerprint density at radius 2 is 2.14 bits per heavy atom. The molecular formula is C13H15ClN2O4S. The van der Waals surface area contributed by atoms with E-state index in [4.69, 9.17) is 21.6 Å². The molecule has 1 rings (SSSR count). The van der Waals surface area contributed by atoms with Crippen LogP contribution in [0.1, 0.15) is 18.9 Å². The van der Waals surface area contributed by atoms with Crippen molar-refractivity contribution >= 4 is 27.6 Å². The van der Waals surface area contributed by atoms with Crippen molar-refractivity contribution in [3.63, 3.8) is 0 Å². The summed E-state index contributed by atoms with van der Waals surface area (Å²) >= 11 is 5.90. The summed E-state index contributed by atoms with van der Waals surface area (Å²) in [7, 11) is -2.47. The van der Waals surface area contributed by atoms with Crippen LogP contribution in [-0.4, -0.2) is 38.9 Å². The molecule has 0 bridgehead atoms. The maximum atomic E-state index is 12.3. The van der Waals surface area contributed by atoms with Gasteiger partial charge in [0.1, 0.15) is 4.90 Å². The van der Waals surface area contributed by atoms with Crippen molar-refractivity contribution in [1.29, 1.82) is 5.26 Å². The first kappa shape index (κ1) is 17.4. The van der Waals surface area contributed by atoms with Crippen LogP contribution in [0, 0.1) is 11.3 Å². The van der Waals surface area contributed by atoms with Crippen molar-refractivity contribution in [2.24, 2.45) is 0 Å². The average molecular weight is 331 g/mol. The van der Waals surface area contributed by atoms with Crippen molar-refractivity contribution < 1.29 is 17.9 Å². The third-order valence-corrected chi connectivity index (χ3v) is 5.03. The van der Waals surface area contributed by atoms with E-state index < -0.39 is 16.0 Å². The molecule has 0 unspecified atom stereocenters. The van der Waals surface area contributed by atoms with Gasteiger partial charge >= 0.3 is 5.97 Å². The van der Waals surface area contributed by atoms with Crippen LogP contribution in [0.25, 0.3) is 0 Å². The summed E-state index contributed by atoms with van der Waals surface area (Å²) in [4.78, 5) is 11.2. The lowest BCUT2D eigenvalue weighted by atomic mass is 10.2. The number of sulfonamides is 1. The molecule has 6 nitrogen and oxygen atoms in total. The summed E-state index contributed by atoms with van der Waals surface area (Å²) < 4.78 is 30.4. The third kappa shape index (κ3) is 4.43. The molecule has 0 radical (unpaired) electrons. The van der Waals surface area contributed by atoms with Gasteiger partial charge in [0, 0.05) is 13.6 Å². The van der Waals surface area contributed by atoms with Gasteiger partial charge in [-0.2, -0.15) is 5.26 Å². The van der Waals surface area contributed by atoms with E-state index in [0.29, 0.717) is 0 Å². The molecule has 0 heterocycles. The summed E-state index contributed by atoms with van der Waals surface area (Å²) in [5, 5.41) is 8.71. The number of nitriles is 1. The maximum Gasteiger partial charge on any atom is 0.307 e. The van der Waals surface area contributed by atoms with Crippen molar-refractivity contribution in [2.75, 3.05) is 20.2 Å². The van der Waals surface area contributed by atoms with E-state index in [-0.39, 0.29) is 35.1 Å². The maximum absolute atomic E-state index is 12.3. The van der Waals surface area contributed by atoms with Crippen LogP contribution in [0.15, 0.2) is 23.1 Å². The zero-order valence-electron chi connectivity index (χ0n) is 11.7. The normalized spacial score (nSPS) is 11.2. The zero-order valence-corrected chi connectivity index (χ0v) is 13.2. The Morgan fingerprint density at radius 1 is 1.48 bits per heavy atom. The first-order chi connectivity index (χ1) is 9.82. The number of hydrogen-bond donors (Lipinski definition) is 0. The van der Waals surface area contributed by atoms with Crippen molar-refractivity contribution in [1.82, 2.24) is 4.31 Å². The van der Waals surface area contributed by atoms with Crippen molar-refractivity contribution in [3.05, 3.63) is 28.8 Å². The van der Waals surface area contributed by atoms with Crippen LogP contribution in [0.4, 0.5) is 0 Å². The first-order valence-corrected chi connectivity index (χ1v) is 7.96. The van der Waals surface area contributed by atoms with Gasteiger partial charge in [0.15, 0.2) is 0 Å². The van der Waals surface area contributed by atoms with Crippen molar-refractivity contribution in [2.45, 2.75) is 18.2 Å². The summed E-state index contributed by atoms with van der Waals surface area (Å²) in [6.45, 7) is 1.91. The molecule has 8 heteroatoms. The number of carbonyl (C=O) groups is 1. The van der Waals surface area contributed by atoms with Crippen LogP contribution in [0.5, 0.6) is 0 Å². The molecular weight excluding hydrogens is 316 g/mol. The van der Waals surface area contributed by atoms with E-state index >= 15 is 0 Å². The highest BCUT2D eigenvalue weighted by Crippen LogP contribution is 2.25. The fourth-order valence-electron chi connectivity index (χ4n) is 1.55. The lowest BCUT2D eigenvalue weighted by Crippen LogP contribution is -2.29. The lowest BCUT2D eigenvalue weighted by Gasteiger charge is -2.17. The van der Waals surface area contributed by atoms with Gasteiger partial charge < -0.3 is 4.74 Å². The fraction of sp³-hybridized carbons (Fsp3) is 0.385. The second kappa shape index (κ2) is 7.41. The van der Waals surface area contributed by atoms with E-state index in [0.717, 1.165) is 4.31 Å². The van der Waals surface area contributed by atoms with Crippen LogP contribution in [0.3, 0.4) is 0 Å². The quantitative estimate of drug-likeness (QED) is 0.742. The molecule has 0 aliphatic heterocycles. The van der Waals surface area contributed by atoms with Gasteiger partial charge in [-0.1, -0.05) is 11.6 Å². The fourth-order valence-corrected chi connectivity index (χ4v) is 3.24. The average Bonchev–Trinajstić information content (AvgIpc) is 2.44. The largest absolute Gasteiger partial charge is 0.466 e. The molecule has 0 spiro atoms. The summed E-state index contributed by atoms with van der Waals surface area (Å²) in [6.07, 6.45) is -0.0442. The Kier molecular flexibility index (Phi) is 6.15. The number of rotatable bonds is 6. The van der Waals surface area contributed by atoms with Gasteiger partial charge in [-0.3, -0.25) is 4.79 Å². The number of carbonyl (C=O) groups excluding carboxylic acids is 1. The van der Waals surface area contributed by atoms with E-state index in [1.54, 1.807) is 6.92 Å². The number of esters is 1. The standard InChI is InChI=1S/C13H15ClN2O4S/c1-3-20-13(17)6-7-16(2)21(18,19)12-5-4-10(9-15)8-11(12)14/h4-5,8H,3,6-7H2,1-2H3. The highest BCUT2D eigenvalue weighted by atomic mass is 35.5. The second-order valence-corrected chi connectivity index (χ2v) is 6.56. The smallest absolute Gasteiger partial charge is 0.307 e. The van der Waals surface area contributed by atoms with E-state index in [1.807, 2.05) is 6.07 Å². The number of halogens is 1. The van der Waals surface area contributed by atoms with Crippen LogP contribution >= 0.6 is 11.6 Å². The van der Waals surface area contributed by atoms with Gasteiger partial charge in [-0.25, -0.2) is 12.7 Å². The third-order valence-electron chi connectivity index (χ3n) is 2.69. The van der Waals surface area contributed by atoms with Gasteiger partial charge in [0.05, 0.1) is 29.7 Å². The molecule has 0 atom stereocenters. The highest BCUT2D eigenvalue weighted by molar-refractivity contribution is 7.89. The Morgan fingerprint density at radius 3 is 2.67 bits per heavy atom. The number of ether oxygens (including phenoxy) is 1. The van der Waals surface area contributed by atoms with Gasteiger partial charge in [0.25, 0.3) is 0 Å². The predicted molar refractivity (Wildman–Crippen MR) is 77.2 cm³/mol. The minimum atomic E-state index is -3.82. The predicted octanol–water partition coefficient (Wildman–Crippen LogP) is 1.79. The Hall–Kier alpha value is -1.62. The minimum absolute atomic E-state index is 0.0164. The molecule has 0 aliphatic rings. The highest BCUT2D eigenvalue weighted by Gasteiger charge is 2.24. The number of nitrogens with zero attached hydrogens (tertiary/aromatic N) is 2. The van der Waals surface area contributed by atoms with E-state index in [9.17, 15) is 13.2 Å². The monoisotopic (exact) mass is 330 g/mol. The first-order valence-electron chi connectivity index (χ1n) is 6.14. The summed E-state index contributed by atoms with van der Waals surface area (Å²) in [5.41, 5.74) is 0.271. The summed E-state index contributed by atoms with van der Waals surface area (Å²) in [5.74, 6) is -0.467. The SMILES string of the molecule is CCOC(=O)CCN(C)S(=O)(=O)c1ccc(C#N)cc1Cl. The number of benzene rings is 1. The van der Waals surface area contributed by atoms with Crippen molar-refractivity contribution in [3.8, 4) is 6.07 Å². The lowest BCUT2D eigenvalue weighted by molar-refractivity contribution is -0.143. The Bertz CT molecular complexity index is 667. The van der Waals surface area contributed by atoms with E-state index in [2.05, 4.69) is 0 Å².